The summed E-state index contributed by atoms with van der Waals surface area (Å²) in [5.74, 6) is 1.16. The van der Waals surface area contributed by atoms with Crippen LogP contribution in [0.25, 0.3) is 16.8 Å². The van der Waals surface area contributed by atoms with Crippen LogP contribution in [0.2, 0.25) is 5.02 Å². The lowest BCUT2D eigenvalue weighted by atomic mass is 10.0. The Bertz CT molecular complexity index is 909. The van der Waals surface area contributed by atoms with E-state index in [1.54, 1.807) is 0 Å². The van der Waals surface area contributed by atoms with Gasteiger partial charge in [0.1, 0.15) is 11.5 Å². The highest BCUT2D eigenvalue weighted by Crippen LogP contribution is 2.33. The molecule has 2 aromatic heterocycles. The third-order valence-electron chi connectivity index (χ3n) is 5.03. The Morgan fingerprint density at radius 1 is 1.12 bits per heavy atom. The molecule has 4 nitrogen and oxygen atoms in total. The molecule has 1 aliphatic rings. The molecule has 2 N–H and O–H groups in total. The van der Waals surface area contributed by atoms with Gasteiger partial charge in [-0.15, -0.1) is 0 Å². The second-order valence-corrected chi connectivity index (χ2v) is 7.20. The largest absolute Gasteiger partial charge is 0.356 e. The molecule has 1 saturated heterocycles. The molecule has 0 saturated carbocycles. The fourth-order valence-electron chi connectivity index (χ4n) is 3.66. The number of halogens is 1. The van der Waals surface area contributed by atoms with Gasteiger partial charge in [-0.3, -0.25) is 4.40 Å². The summed E-state index contributed by atoms with van der Waals surface area (Å²) in [6.45, 7) is 4.69. The number of benzene rings is 1. The average Bonchev–Trinajstić information content (AvgIpc) is 3.04. The van der Waals surface area contributed by atoms with Gasteiger partial charge in [-0.05, 0) is 49.4 Å². The Hall–Kier alpha value is -2.04. The standard InChI is InChI=1S/C20H23ClN4/c1-14-5-6-16(18(21)9-14)17-13-25-19(10-15(17)11-22)23-12-20(25)24-7-3-2-4-8-24/h5-6,9-10,12-13H,2-4,7-8,11,22H2,1H3. The van der Waals surface area contributed by atoms with Gasteiger partial charge < -0.3 is 10.6 Å². The summed E-state index contributed by atoms with van der Waals surface area (Å²) < 4.78 is 2.18. The predicted molar refractivity (Wildman–Crippen MR) is 104 cm³/mol. The van der Waals surface area contributed by atoms with Crippen LogP contribution in [0.4, 0.5) is 5.82 Å². The maximum atomic E-state index is 6.53. The van der Waals surface area contributed by atoms with Crippen molar-refractivity contribution >= 4 is 23.1 Å². The summed E-state index contributed by atoms with van der Waals surface area (Å²) in [7, 11) is 0. The fraction of sp³-hybridized carbons (Fsp3) is 0.350. The Morgan fingerprint density at radius 2 is 1.92 bits per heavy atom. The molecule has 0 amide bonds. The minimum absolute atomic E-state index is 0.460. The number of pyridine rings is 1. The Morgan fingerprint density at radius 3 is 2.64 bits per heavy atom. The van der Waals surface area contributed by atoms with Crippen LogP contribution in [0.5, 0.6) is 0 Å². The van der Waals surface area contributed by atoms with E-state index in [0.717, 1.165) is 51.8 Å². The zero-order valence-electron chi connectivity index (χ0n) is 14.5. The van der Waals surface area contributed by atoms with Crippen LogP contribution in [0.1, 0.15) is 30.4 Å². The molecular formula is C20H23ClN4. The van der Waals surface area contributed by atoms with Crippen molar-refractivity contribution in [3.8, 4) is 11.1 Å². The lowest BCUT2D eigenvalue weighted by molar-refractivity contribution is 0.572. The van der Waals surface area contributed by atoms with Gasteiger partial charge in [0, 0.05) is 42.0 Å². The van der Waals surface area contributed by atoms with Crippen LogP contribution >= 0.6 is 11.6 Å². The van der Waals surface area contributed by atoms with Gasteiger partial charge in [0.05, 0.1) is 6.20 Å². The zero-order chi connectivity index (χ0) is 17.4. The molecule has 3 aromatic rings. The van der Waals surface area contributed by atoms with E-state index in [-0.39, 0.29) is 0 Å². The molecule has 5 heteroatoms. The monoisotopic (exact) mass is 354 g/mol. The predicted octanol–water partition coefficient (Wildman–Crippen LogP) is 4.41. The Balaban J connectivity index is 1.87. The first-order valence-corrected chi connectivity index (χ1v) is 9.26. The number of hydrogen-bond acceptors (Lipinski definition) is 3. The lowest BCUT2D eigenvalue weighted by Gasteiger charge is -2.28. The third-order valence-corrected chi connectivity index (χ3v) is 5.34. The maximum absolute atomic E-state index is 6.53. The van der Waals surface area contributed by atoms with Crippen LogP contribution in [0.15, 0.2) is 36.7 Å². The van der Waals surface area contributed by atoms with Crippen molar-refractivity contribution in [2.75, 3.05) is 18.0 Å². The number of piperidine rings is 1. The van der Waals surface area contributed by atoms with Crippen LogP contribution < -0.4 is 10.6 Å². The van der Waals surface area contributed by atoms with Crippen molar-refractivity contribution in [1.29, 1.82) is 0 Å². The average molecular weight is 355 g/mol. The van der Waals surface area contributed by atoms with Crippen molar-refractivity contribution in [1.82, 2.24) is 9.38 Å². The number of rotatable bonds is 3. The highest BCUT2D eigenvalue weighted by atomic mass is 35.5. The molecule has 25 heavy (non-hydrogen) atoms. The number of fused-ring (bicyclic) bond motifs is 1. The van der Waals surface area contributed by atoms with Crippen LogP contribution in [0, 0.1) is 6.92 Å². The van der Waals surface area contributed by atoms with Gasteiger partial charge in [0.2, 0.25) is 0 Å². The van der Waals surface area contributed by atoms with E-state index < -0.39 is 0 Å². The SMILES string of the molecule is Cc1ccc(-c2cn3c(N4CCCCC4)cnc3cc2CN)c(Cl)c1. The molecule has 3 heterocycles. The summed E-state index contributed by atoms with van der Waals surface area (Å²) in [6, 6.07) is 8.25. The molecule has 0 atom stereocenters. The van der Waals surface area contributed by atoms with Gasteiger partial charge in [-0.2, -0.15) is 0 Å². The highest BCUT2D eigenvalue weighted by Gasteiger charge is 2.17. The van der Waals surface area contributed by atoms with Crippen molar-refractivity contribution < 1.29 is 0 Å². The molecule has 130 valence electrons. The number of nitrogens with zero attached hydrogens (tertiary/aromatic N) is 3. The molecule has 0 radical (unpaired) electrons. The number of nitrogens with two attached hydrogens (primary N) is 1. The van der Waals surface area contributed by atoms with Gasteiger partial charge in [-0.25, -0.2) is 4.98 Å². The van der Waals surface area contributed by atoms with Crippen LogP contribution in [-0.4, -0.2) is 22.5 Å². The van der Waals surface area contributed by atoms with Gasteiger partial charge in [0.25, 0.3) is 0 Å². The number of aryl methyl sites for hydroxylation is 1. The molecule has 1 fully saturated rings. The maximum Gasteiger partial charge on any atom is 0.138 e. The fourth-order valence-corrected chi connectivity index (χ4v) is 3.99. The molecule has 1 aliphatic heterocycles. The van der Waals surface area contributed by atoms with Crippen molar-refractivity contribution in [2.24, 2.45) is 5.73 Å². The lowest BCUT2D eigenvalue weighted by Crippen LogP contribution is -2.30. The summed E-state index contributed by atoms with van der Waals surface area (Å²) >= 11 is 6.53. The van der Waals surface area contributed by atoms with Crippen molar-refractivity contribution in [3.05, 3.63) is 52.8 Å². The van der Waals surface area contributed by atoms with Crippen LogP contribution in [0.3, 0.4) is 0 Å². The second kappa shape index (κ2) is 6.70. The first-order chi connectivity index (χ1) is 12.2. The normalized spacial score (nSPS) is 15.1. The topological polar surface area (TPSA) is 46.6 Å². The van der Waals surface area contributed by atoms with E-state index >= 15 is 0 Å². The van der Waals surface area contributed by atoms with Crippen molar-refractivity contribution in [3.63, 3.8) is 0 Å². The Labute approximate surface area is 153 Å². The van der Waals surface area contributed by atoms with E-state index in [1.165, 1.54) is 19.3 Å². The molecule has 0 bridgehead atoms. The summed E-state index contributed by atoms with van der Waals surface area (Å²) in [5.41, 5.74) is 11.3. The minimum atomic E-state index is 0.460. The number of aromatic nitrogens is 2. The number of imidazole rings is 1. The summed E-state index contributed by atoms with van der Waals surface area (Å²) in [4.78, 5) is 7.03. The van der Waals surface area contributed by atoms with E-state index in [1.807, 2.05) is 19.2 Å². The quantitative estimate of drug-likeness (QED) is 0.757. The minimum Gasteiger partial charge on any atom is -0.356 e. The van der Waals surface area contributed by atoms with E-state index in [4.69, 9.17) is 17.3 Å². The Kier molecular flexibility index (Phi) is 4.40. The molecule has 0 spiro atoms. The first kappa shape index (κ1) is 16.4. The first-order valence-electron chi connectivity index (χ1n) is 8.89. The number of hydrogen-bond donors (Lipinski definition) is 1. The van der Waals surface area contributed by atoms with Gasteiger partial charge in [0.15, 0.2) is 0 Å². The second-order valence-electron chi connectivity index (χ2n) is 6.79. The number of anilines is 1. The van der Waals surface area contributed by atoms with Crippen LogP contribution in [-0.2, 0) is 6.54 Å². The smallest absolute Gasteiger partial charge is 0.138 e. The molecule has 1 aromatic carbocycles. The van der Waals surface area contributed by atoms with Crippen molar-refractivity contribution in [2.45, 2.75) is 32.7 Å². The third kappa shape index (κ3) is 3.00. The zero-order valence-corrected chi connectivity index (χ0v) is 15.3. The molecule has 0 aliphatic carbocycles. The molecule has 4 rings (SSSR count). The summed E-state index contributed by atoms with van der Waals surface area (Å²) in [6.07, 6.45) is 7.91. The van der Waals surface area contributed by atoms with E-state index in [0.29, 0.717) is 6.54 Å². The van der Waals surface area contributed by atoms with Gasteiger partial charge in [-0.1, -0.05) is 23.7 Å². The molecule has 0 unspecified atom stereocenters. The molecular weight excluding hydrogens is 332 g/mol. The van der Waals surface area contributed by atoms with E-state index in [9.17, 15) is 0 Å². The highest BCUT2D eigenvalue weighted by molar-refractivity contribution is 6.33. The van der Waals surface area contributed by atoms with E-state index in [2.05, 4.69) is 38.7 Å². The van der Waals surface area contributed by atoms with Gasteiger partial charge >= 0.3 is 0 Å². The summed E-state index contributed by atoms with van der Waals surface area (Å²) in [5, 5.41) is 0.758.